The first-order valence-electron chi connectivity index (χ1n) is 7.13. The van der Waals surface area contributed by atoms with E-state index in [4.69, 9.17) is 4.42 Å². The van der Waals surface area contributed by atoms with Crippen LogP contribution >= 0.6 is 0 Å². The maximum atomic E-state index is 12.3. The molecule has 21 heavy (non-hydrogen) atoms. The molecule has 2 heterocycles. The fourth-order valence-corrected chi connectivity index (χ4v) is 2.45. The van der Waals surface area contributed by atoms with Crippen LogP contribution in [0.25, 0.3) is 10.9 Å². The van der Waals surface area contributed by atoms with E-state index in [2.05, 4.69) is 10.3 Å². The molecule has 108 valence electrons. The molecule has 1 unspecified atom stereocenters. The van der Waals surface area contributed by atoms with E-state index in [1.54, 1.807) is 12.5 Å². The highest BCUT2D eigenvalue weighted by atomic mass is 16.3. The quantitative estimate of drug-likeness (QED) is 0.752. The summed E-state index contributed by atoms with van der Waals surface area (Å²) in [7, 11) is 0. The molecule has 0 aliphatic carbocycles. The van der Waals surface area contributed by atoms with Crippen LogP contribution in [0.5, 0.6) is 0 Å². The second-order valence-corrected chi connectivity index (χ2v) is 5.24. The molecule has 0 saturated carbocycles. The smallest absolute Gasteiger partial charge is 0.253 e. The number of benzene rings is 1. The number of hydrogen-bond donors (Lipinski definition) is 2. The van der Waals surface area contributed by atoms with Gasteiger partial charge in [-0.3, -0.25) is 4.79 Å². The molecule has 0 radical (unpaired) electrons. The van der Waals surface area contributed by atoms with Gasteiger partial charge in [0.15, 0.2) is 0 Å². The Hall–Kier alpha value is -2.49. The predicted octanol–water partition coefficient (Wildman–Crippen LogP) is 3.51. The molecule has 3 rings (SSSR count). The Kier molecular flexibility index (Phi) is 3.77. The number of H-pyrrole nitrogens is 1. The van der Waals surface area contributed by atoms with Gasteiger partial charge >= 0.3 is 0 Å². The summed E-state index contributed by atoms with van der Waals surface area (Å²) in [4.78, 5) is 15.5. The van der Waals surface area contributed by atoms with Crippen molar-refractivity contribution in [2.75, 3.05) is 0 Å². The van der Waals surface area contributed by atoms with E-state index in [-0.39, 0.29) is 11.9 Å². The lowest BCUT2D eigenvalue weighted by atomic mass is 10.1. The SMILES string of the molecule is CC(CCc1ccco1)NC(=O)c1c[nH]c2ccccc12. The standard InChI is InChI=1S/C17H18N2O2/c1-12(8-9-13-5-4-10-21-13)19-17(20)15-11-18-16-7-3-2-6-14(15)16/h2-7,10-12,18H,8-9H2,1H3,(H,19,20). The highest BCUT2D eigenvalue weighted by Gasteiger charge is 2.14. The minimum Gasteiger partial charge on any atom is -0.469 e. The van der Waals surface area contributed by atoms with E-state index in [1.165, 1.54) is 0 Å². The molecule has 1 atom stereocenters. The Balaban J connectivity index is 1.63. The third-order valence-electron chi connectivity index (χ3n) is 3.62. The number of aromatic nitrogens is 1. The first-order chi connectivity index (χ1) is 10.2. The van der Waals surface area contributed by atoms with Crippen molar-refractivity contribution in [2.45, 2.75) is 25.8 Å². The molecule has 1 aromatic carbocycles. The first kappa shape index (κ1) is 13.5. The summed E-state index contributed by atoms with van der Waals surface area (Å²) in [5, 5.41) is 3.99. The minimum atomic E-state index is -0.0422. The van der Waals surface area contributed by atoms with Gasteiger partial charge in [0.25, 0.3) is 5.91 Å². The van der Waals surface area contributed by atoms with Gasteiger partial charge < -0.3 is 14.7 Å². The summed E-state index contributed by atoms with van der Waals surface area (Å²) in [6.07, 6.45) is 5.10. The normalized spacial score (nSPS) is 12.4. The molecule has 1 amide bonds. The molecule has 2 aromatic heterocycles. The van der Waals surface area contributed by atoms with Crippen molar-refractivity contribution >= 4 is 16.8 Å². The monoisotopic (exact) mass is 282 g/mol. The van der Waals surface area contributed by atoms with E-state index in [1.807, 2.05) is 43.3 Å². The fraction of sp³-hybridized carbons (Fsp3) is 0.235. The lowest BCUT2D eigenvalue weighted by molar-refractivity contribution is 0.0940. The molecule has 0 saturated heterocycles. The molecule has 0 fully saturated rings. The van der Waals surface area contributed by atoms with E-state index in [0.717, 1.165) is 29.5 Å². The van der Waals surface area contributed by atoms with E-state index in [0.29, 0.717) is 5.56 Å². The Morgan fingerprint density at radius 1 is 1.29 bits per heavy atom. The molecular formula is C17H18N2O2. The summed E-state index contributed by atoms with van der Waals surface area (Å²) in [5.41, 5.74) is 1.67. The second kappa shape index (κ2) is 5.87. The molecule has 4 nitrogen and oxygen atoms in total. The summed E-state index contributed by atoms with van der Waals surface area (Å²) in [6, 6.07) is 11.7. The van der Waals surface area contributed by atoms with Crippen molar-refractivity contribution in [3.8, 4) is 0 Å². The molecule has 4 heteroatoms. The zero-order valence-electron chi connectivity index (χ0n) is 11.9. The van der Waals surface area contributed by atoms with Gasteiger partial charge in [-0.2, -0.15) is 0 Å². The van der Waals surface area contributed by atoms with Gasteiger partial charge in [0.1, 0.15) is 5.76 Å². The van der Waals surface area contributed by atoms with Gasteiger partial charge in [0.05, 0.1) is 11.8 Å². The van der Waals surface area contributed by atoms with Crippen LogP contribution in [0.4, 0.5) is 0 Å². The maximum Gasteiger partial charge on any atom is 0.253 e. The van der Waals surface area contributed by atoms with Crippen molar-refractivity contribution in [3.63, 3.8) is 0 Å². The highest BCUT2D eigenvalue weighted by molar-refractivity contribution is 6.06. The number of carbonyl (C=O) groups excluding carboxylic acids is 1. The van der Waals surface area contributed by atoms with Crippen LogP contribution < -0.4 is 5.32 Å². The predicted molar refractivity (Wildman–Crippen MR) is 82.3 cm³/mol. The van der Waals surface area contributed by atoms with Gasteiger partial charge in [-0.05, 0) is 31.5 Å². The number of aryl methyl sites for hydroxylation is 1. The van der Waals surface area contributed by atoms with Crippen LogP contribution in [-0.4, -0.2) is 16.9 Å². The van der Waals surface area contributed by atoms with E-state index < -0.39 is 0 Å². The molecule has 0 aliphatic rings. The zero-order chi connectivity index (χ0) is 14.7. The van der Waals surface area contributed by atoms with Gasteiger partial charge in [-0.15, -0.1) is 0 Å². The fourth-order valence-electron chi connectivity index (χ4n) is 2.45. The topological polar surface area (TPSA) is 58.0 Å². The first-order valence-corrected chi connectivity index (χ1v) is 7.13. The Labute approximate surface area is 123 Å². The Bertz CT molecular complexity index is 728. The lowest BCUT2D eigenvalue weighted by Gasteiger charge is -2.12. The number of aromatic amines is 1. The van der Waals surface area contributed by atoms with Crippen LogP contribution in [0.2, 0.25) is 0 Å². The summed E-state index contributed by atoms with van der Waals surface area (Å²) >= 11 is 0. The average molecular weight is 282 g/mol. The minimum absolute atomic E-state index is 0.0422. The van der Waals surface area contributed by atoms with Gasteiger partial charge in [-0.25, -0.2) is 0 Å². The van der Waals surface area contributed by atoms with Crippen LogP contribution in [0.3, 0.4) is 0 Å². The van der Waals surface area contributed by atoms with Crippen LogP contribution in [0, 0.1) is 0 Å². The summed E-state index contributed by atoms with van der Waals surface area (Å²) < 4.78 is 5.30. The van der Waals surface area contributed by atoms with Crippen LogP contribution in [0.15, 0.2) is 53.3 Å². The molecule has 0 aliphatic heterocycles. The van der Waals surface area contributed by atoms with Gasteiger partial charge in [-0.1, -0.05) is 18.2 Å². The Morgan fingerprint density at radius 3 is 2.95 bits per heavy atom. The zero-order valence-corrected chi connectivity index (χ0v) is 11.9. The van der Waals surface area contributed by atoms with Crippen molar-refractivity contribution in [3.05, 3.63) is 60.2 Å². The van der Waals surface area contributed by atoms with Crippen LogP contribution in [-0.2, 0) is 6.42 Å². The van der Waals surface area contributed by atoms with E-state index in [9.17, 15) is 4.79 Å². The van der Waals surface area contributed by atoms with Gasteiger partial charge in [0, 0.05) is 29.6 Å². The van der Waals surface area contributed by atoms with Crippen molar-refractivity contribution in [2.24, 2.45) is 0 Å². The maximum absolute atomic E-state index is 12.3. The molecule has 0 spiro atoms. The third kappa shape index (κ3) is 2.99. The second-order valence-electron chi connectivity index (χ2n) is 5.24. The summed E-state index contributed by atoms with van der Waals surface area (Å²) in [6.45, 7) is 2.01. The van der Waals surface area contributed by atoms with Crippen LogP contribution in [0.1, 0.15) is 29.5 Å². The number of furan rings is 1. The van der Waals surface area contributed by atoms with Crippen molar-refractivity contribution in [1.29, 1.82) is 0 Å². The molecule has 0 bridgehead atoms. The van der Waals surface area contributed by atoms with Crippen molar-refractivity contribution < 1.29 is 9.21 Å². The van der Waals surface area contributed by atoms with Gasteiger partial charge in [0.2, 0.25) is 0 Å². The highest BCUT2D eigenvalue weighted by Crippen LogP contribution is 2.17. The largest absolute Gasteiger partial charge is 0.469 e. The number of para-hydroxylation sites is 1. The summed E-state index contributed by atoms with van der Waals surface area (Å²) in [5.74, 6) is 0.905. The number of amides is 1. The molecular weight excluding hydrogens is 264 g/mol. The van der Waals surface area contributed by atoms with Crippen molar-refractivity contribution in [1.82, 2.24) is 10.3 Å². The number of rotatable bonds is 5. The third-order valence-corrected chi connectivity index (χ3v) is 3.62. The van der Waals surface area contributed by atoms with E-state index >= 15 is 0 Å². The Morgan fingerprint density at radius 2 is 2.14 bits per heavy atom. The number of carbonyl (C=O) groups is 1. The number of hydrogen-bond acceptors (Lipinski definition) is 2. The molecule has 3 aromatic rings. The average Bonchev–Trinajstić information content (AvgIpc) is 3.14. The lowest BCUT2D eigenvalue weighted by Crippen LogP contribution is -2.32. The number of fused-ring (bicyclic) bond motifs is 1. The number of nitrogens with one attached hydrogen (secondary N) is 2. The molecule has 2 N–H and O–H groups in total.